The molecule has 202 valence electrons. The third-order valence-corrected chi connectivity index (χ3v) is 6.30. The molecule has 0 saturated heterocycles. The summed E-state index contributed by atoms with van der Waals surface area (Å²) in [5.74, 6) is -0.747. The summed E-state index contributed by atoms with van der Waals surface area (Å²) < 4.78 is 10.6. The van der Waals surface area contributed by atoms with Crippen LogP contribution >= 0.6 is 0 Å². The molecule has 8 nitrogen and oxygen atoms in total. The summed E-state index contributed by atoms with van der Waals surface area (Å²) in [7, 11) is 0. The molecule has 1 aliphatic heterocycles. The third kappa shape index (κ3) is 8.81. The van der Waals surface area contributed by atoms with Crippen molar-refractivity contribution in [1.29, 1.82) is 0 Å². The number of esters is 2. The molecule has 0 aliphatic carbocycles. The van der Waals surface area contributed by atoms with Gasteiger partial charge in [0.15, 0.2) is 0 Å². The minimum atomic E-state index is -0.733. The van der Waals surface area contributed by atoms with Crippen LogP contribution < -0.4 is 0 Å². The maximum Gasteiger partial charge on any atom is 0.334 e. The number of benzene rings is 2. The smallest absolute Gasteiger partial charge is 0.334 e. The van der Waals surface area contributed by atoms with Crippen molar-refractivity contribution in [2.24, 2.45) is 5.92 Å². The number of allylic oxidation sites excluding steroid dienone is 1. The Kier molecular flexibility index (Phi) is 10.5. The summed E-state index contributed by atoms with van der Waals surface area (Å²) in [6, 6.07) is 10.6. The minimum absolute atomic E-state index is 0.0219. The molecule has 0 fully saturated rings. The molecule has 0 saturated carbocycles. The average Bonchev–Trinajstić information content (AvgIpc) is 3.27. The van der Waals surface area contributed by atoms with Gasteiger partial charge in [0.05, 0.1) is 0 Å². The number of ether oxygens (including phenoxy) is 2. The monoisotopic (exact) mass is 522 g/mol. The number of carbonyl (C=O) groups is 2. The van der Waals surface area contributed by atoms with Crippen molar-refractivity contribution >= 4 is 18.0 Å². The van der Waals surface area contributed by atoms with E-state index < -0.39 is 18.0 Å². The van der Waals surface area contributed by atoms with Gasteiger partial charge in [-0.05, 0) is 98.6 Å². The van der Waals surface area contributed by atoms with Gasteiger partial charge in [-0.1, -0.05) is 18.2 Å². The zero-order chi connectivity index (χ0) is 27.5. The normalized spacial score (nSPS) is 16.4. The van der Waals surface area contributed by atoms with Crippen LogP contribution in [-0.4, -0.2) is 45.6 Å². The zero-order valence-electron chi connectivity index (χ0n) is 21.4. The van der Waals surface area contributed by atoms with Crippen molar-refractivity contribution < 1.29 is 39.5 Å². The molecular formula is C30H34O8. The Morgan fingerprint density at radius 3 is 2.55 bits per heavy atom. The topological polar surface area (TPSA) is 134 Å². The van der Waals surface area contributed by atoms with Gasteiger partial charge in [0.1, 0.15) is 30.0 Å². The lowest BCUT2D eigenvalue weighted by molar-refractivity contribution is -0.140. The Bertz CT molecular complexity index is 1190. The van der Waals surface area contributed by atoms with E-state index in [1.165, 1.54) is 36.4 Å². The van der Waals surface area contributed by atoms with Crippen molar-refractivity contribution in [1.82, 2.24) is 0 Å². The SMILES string of the molecule is C/C(=C\CCC(CO)CCCC1=CC(c2cc(O)ccc2O)OC1=O)COC(=O)/C=C\c1ccc(O)cc1. The molecule has 2 aromatic rings. The maximum atomic E-state index is 12.2. The van der Waals surface area contributed by atoms with Crippen molar-refractivity contribution in [2.45, 2.75) is 45.1 Å². The van der Waals surface area contributed by atoms with Crippen molar-refractivity contribution in [3.63, 3.8) is 0 Å². The molecule has 0 radical (unpaired) electrons. The van der Waals surface area contributed by atoms with Gasteiger partial charge >= 0.3 is 11.9 Å². The summed E-state index contributed by atoms with van der Waals surface area (Å²) >= 11 is 0. The number of rotatable bonds is 13. The van der Waals surface area contributed by atoms with E-state index in [1.807, 2.05) is 13.0 Å². The molecule has 38 heavy (non-hydrogen) atoms. The number of aliphatic hydroxyl groups is 1. The molecule has 0 bridgehead atoms. The van der Waals surface area contributed by atoms with Crippen molar-refractivity contribution in [2.75, 3.05) is 13.2 Å². The fraction of sp³-hybridized carbons (Fsp3) is 0.333. The van der Waals surface area contributed by atoms with E-state index in [9.17, 15) is 30.0 Å². The molecule has 1 heterocycles. The van der Waals surface area contributed by atoms with Gasteiger partial charge < -0.3 is 29.9 Å². The molecule has 2 unspecified atom stereocenters. The zero-order valence-corrected chi connectivity index (χ0v) is 21.4. The van der Waals surface area contributed by atoms with E-state index in [-0.39, 0.29) is 36.4 Å². The second-order valence-electron chi connectivity index (χ2n) is 9.36. The van der Waals surface area contributed by atoms with Crippen LogP contribution in [0.2, 0.25) is 0 Å². The number of hydrogen-bond donors (Lipinski definition) is 4. The first kappa shape index (κ1) is 28.5. The fourth-order valence-corrected chi connectivity index (χ4v) is 4.10. The predicted octanol–water partition coefficient (Wildman–Crippen LogP) is 5.09. The number of aromatic hydroxyl groups is 3. The van der Waals surface area contributed by atoms with E-state index in [2.05, 4.69) is 0 Å². The highest BCUT2D eigenvalue weighted by molar-refractivity contribution is 5.91. The molecule has 0 amide bonds. The number of phenols is 3. The lowest BCUT2D eigenvalue weighted by atomic mass is 9.95. The lowest BCUT2D eigenvalue weighted by Crippen LogP contribution is -2.07. The van der Waals surface area contributed by atoms with E-state index in [1.54, 1.807) is 24.3 Å². The van der Waals surface area contributed by atoms with Gasteiger partial charge in [-0.3, -0.25) is 0 Å². The fourth-order valence-electron chi connectivity index (χ4n) is 4.10. The second-order valence-corrected chi connectivity index (χ2v) is 9.36. The first-order valence-corrected chi connectivity index (χ1v) is 12.6. The molecule has 0 spiro atoms. The largest absolute Gasteiger partial charge is 0.508 e. The Morgan fingerprint density at radius 2 is 1.82 bits per heavy atom. The predicted molar refractivity (Wildman–Crippen MR) is 142 cm³/mol. The molecule has 0 aromatic heterocycles. The van der Waals surface area contributed by atoms with Crippen molar-refractivity contribution in [3.8, 4) is 17.2 Å². The van der Waals surface area contributed by atoms with E-state index >= 15 is 0 Å². The average molecular weight is 523 g/mol. The van der Waals surface area contributed by atoms with Crippen LogP contribution in [0.25, 0.3) is 6.08 Å². The quantitative estimate of drug-likeness (QED) is 0.124. The van der Waals surface area contributed by atoms with Crippen LogP contribution in [0.1, 0.15) is 56.3 Å². The second kappa shape index (κ2) is 14.0. The molecular weight excluding hydrogens is 488 g/mol. The summed E-state index contributed by atoms with van der Waals surface area (Å²) in [5, 5.41) is 38.7. The van der Waals surface area contributed by atoms with Crippen LogP contribution in [0.3, 0.4) is 0 Å². The Hall–Kier alpha value is -4.04. The Morgan fingerprint density at radius 1 is 1.08 bits per heavy atom. The molecule has 2 aromatic carbocycles. The van der Waals surface area contributed by atoms with E-state index in [4.69, 9.17) is 9.47 Å². The number of phenolic OH excluding ortho intramolecular Hbond substituents is 3. The van der Waals surface area contributed by atoms with Crippen LogP contribution in [0.4, 0.5) is 0 Å². The number of carbonyl (C=O) groups excluding carboxylic acids is 2. The third-order valence-electron chi connectivity index (χ3n) is 6.30. The van der Waals surface area contributed by atoms with Gasteiger partial charge in [0.2, 0.25) is 0 Å². The van der Waals surface area contributed by atoms with Gasteiger partial charge in [0.25, 0.3) is 0 Å². The van der Waals surface area contributed by atoms with Gasteiger partial charge in [-0.25, -0.2) is 9.59 Å². The standard InChI is InChI=1S/C30H34O8/c1-20(19-37-29(35)15-10-21-8-11-24(32)12-9-21)4-2-5-22(18-31)6-3-7-23-16-28(38-30(23)36)26-17-25(33)13-14-27(26)34/h4,8-17,22,28,31-34H,2-3,5-7,18-19H2,1H3/b15-10-,20-4+. The van der Waals surface area contributed by atoms with Crippen LogP contribution in [-0.2, 0) is 19.1 Å². The number of hydrogen-bond acceptors (Lipinski definition) is 8. The molecule has 2 atom stereocenters. The lowest BCUT2D eigenvalue weighted by Gasteiger charge is -2.13. The Balaban J connectivity index is 1.38. The molecule has 1 aliphatic rings. The maximum absolute atomic E-state index is 12.2. The van der Waals surface area contributed by atoms with Crippen LogP contribution in [0, 0.1) is 5.92 Å². The molecule has 3 rings (SSSR count). The minimum Gasteiger partial charge on any atom is -0.508 e. The number of cyclic esters (lactones) is 1. The Labute approximate surface area is 222 Å². The first-order valence-electron chi connectivity index (χ1n) is 12.6. The van der Waals surface area contributed by atoms with Gasteiger partial charge in [0, 0.05) is 23.8 Å². The van der Waals surface area contributed by atoms with Crippen LogP contribution in [0.5, 0.6) is 17.2 Å². The van der Waals surface area contributed by atoms with E-state index in [0.29, 0.717) is 24.0 Å². The van der Waals surface area contributed by atoms with Crippen molar-refractivity contribution in [3.05, 3.63) is 83.0 Å². The highest BCUT2D eigenvalue weighted by Crippen LogP contribution is 2.36. The van der Waals surface area contributed by atoms with E-state index in [0.717, 1.165) is 30.4 Å². The molecule has 8 heteroatoms. The van der Waals surface area contributed by atoms with Crippen LogP contribution in [0.15, 0.2) is 71.8 Å². The highest BCUT2D eigenvalue weighted by Gasteiger charge is 2.28. The number of aliphatic hydroxyl groups excluding tert-OH is 1. The van der Waals surface area contributed by atoms with Gasteiger partial charge in [-0.15, -0.1) is 0 Å². The summed E-state index contributed by atoms with van der Waals surface area (Å²) in [5.41, 5.74) is 2.54. The summed E-state index contributed by atoms with van der Waals surface area (Å²) in [6.07, 6.45) is 9.27. The first-order chi connectivity index (χ1) is 18.2. The van der Waals surface area contributed by atoms with Gasteiger partial charge in [-0.2, -0.15) is 0 Å². The summed E-state index contributed by atoms with van der Waals surface area (Å²) in [4.78, 5) is 24.2. The highest BCUT2D eigenvalue weighted by atomic mass is 16.5. The molecule has 4 N–H and O–H groups in total. The summed E-state index contributed by atoms with van der Waals surface area (Å²) in [6.45, 7) is 2.09.